The van der Waals surface area contributed by atoms with Crippen molar-refractivity contribution >= 4 is 40.9 Å². The molecule has 5 heteroatoms. The number of nitrogens with one attached hydrogen (secondary N) is 1. The number of amides is 1. The Morgan fingerprint density at radius 1 is 1.11 bits per heavy atom. The summed E-state index contributed by atoms with van der Waals surface area (Å²) < 4.78 is -1.04. The zero-order valence-electron chi connectivity index (χ0n) is 11.4. The molecule has 0 aliphatic rings. The molecule has 0 unspecified atom stereocenters. The molecule has 0 heterocycles. The van der Waals surface area contributed by atoms with Crippen LogP contribution in [0.25, 0.3) is 0 Å². The first-order chi connectivity index (χ1) is 9.06. The average Bonchev–Trinajstić information content (AvgIpc) is 2.39. The summed E-state index contributed by atoms with van der Waals surface area (Å²) in [6.45, 7) is 5.39. The lowest BCUT2D eigenvalue weighted by atomic mass is 10.2. The first-order valence-electron chi connectivity index (χ1n) is 6.22. The SMILES string of the molecule is CCSC(SCC)(C(C)=O)C(=O)Nc1ccccc1. The fraction of sp³-hybridized carbons (Fsp3) is 0.429. The largest absolute Gasteiger partial charge is 0.324 e. The highest BCUT2D eigenvalue weighted by Gasteiger charge is 2.43. The maximum Gasteiger partial charge on any atom is 0.258 e. The fourth-order valence-electron chi connectivity index (χ4n) is 1.68. The summed E-state index contributed by atoms with van der Waals surface area (Å²) >= 11 is 2.77. The van der Waals surface area contributed by atoms with E-state index in [1.54, 1.807) is 0 Å². The Morgan fingerprint density at radius 2 is 1.63 bits per heavy atom. The summed E-state index contributed by atoms with van der Waals surface area (Å²) in [6.07, 6.45) is 0. The summed E-state index contributed by atoms with van der Waals surface area (Å²) in [4.78, 5) is 24.5. The Hall–Kier alpha value is -0.940. The molecular formula is C14H19NO2S2. The lowest BCUT2D eigenvalue weighted by Crippen LogP contribution is -2.43. The van der Waals surface area contributed by atoms with Crippen LogP contribution < -0.4 is 5.32 Å². The number of carbonyl (C=O) groups excluding carboxylic acids is 2. The summed E-state index contributed by atoms with van der Waals surface area (Å²) in [5, 5.41) is 2.83. The van der Waals surface area contributed by atoms with Crippen molar-refractivity contribution in [3.8, 4) is 0 Å². The van der Waals surface area contributed by atoms with E-state index in [2.05, 4.69) is 5.32 Å². The predicted octanol–water partition coefficient (Wildman–Crippen LogP) is 3.42. The Kier molecular flexibility index (Phi) is 6.45. The van der Waals surface area contributed by atoms with Gasteiger partial charge in [-0.3, -0.25) is 9.59 Å². The van der Waals surface area contributed by atoms with Crippen LogP contribution in [0.4, 0.5) is 5.69 Å². The second-order valence-electron chi connectivity index (χ2n) is 3.86. The van der Waals surface area contributed by atoms with Crippen molar-refractivity contribution in [2.75, 3.05) is 16.8 Å². The van der Waals surface area contributed by atoms with Gasteiger partial charge in [0.2, 0.25) is 0 Å². The average molecular weight is 297 g/mol. The molecule has 0 atom stereocenters. The maximum atomic E-state index is 12.5. The van der Waals surface area contributed by atoms with Crippen molar-refractivity contribution in [3.63, 3.8) is 0 Å². The first-order valence-corrected chi connectivity index (χ1v) is 8.19. The molecule has 1 aromatic carbocycles. The molecular weight excluding hydrogens is 278 g/mol. The van der Waals surface area contributed by atoms with Gasteiger partial charge >= 0.3 is 0 Å². The molecule has 3 nitrogen and oxygen atoms in total. The molecule has 0 saturated heterocycles. The minimum absolute atomic E-state index is 0.111. The molecule has 0 saturated carbocycles. The second-order valence-corrected chi connectivity index (χ2v) is 7.07. The van der Waals surface area contributed by atoms with Gasteiger partial charge in [0.05, 0.1) is 0 Å². The number of hydrogen-bond acceptors (Lipinski definition) is 4. The predicted molar refractivity (Wildman–Crippen MR) is 84.7 cm³/mol. The van der Waals surface area contributed by atoms with E-state index in [4.69, 9.17) is 0 Å². The number of anilines is 1. The number of ketones is 1. The van der Waals surface area contributed by atoms with E-state index in [1.807, 2.05) is 44.2 Å². The normalized spacial score (nSPS) is 11.1. The van der Waals surface area contributed by atoms with Crippen molar-refractivity contribution in [1.29, 1.82) is 0 Å². The smallest absolute Gasteiger partial charge is 0.258 e. The van der Waals surface area contributed by atoms with Crippen LogP contribution in [0.1, 0.15) is 20.8 Å². The lowest BCUT2D eigenvalue weighted by molar-refractivity contribution is -0.124. The molecule has 1 aromatic rings. The molecule has 104 valence electrons. The Morgan fingerprint density at radius 3 is 2.05 bits per heavy atom. The molecule has 0 radical (unpaired) electrons. The van der Waals surface area contributed by atoms with Crippen LogP contribution in [0.3, 0.4) is 0 Å². The monoisotopic (exact) mass is 297 g/mol. The van der Waals surface area contributed by atoms with Crippen LogP contribution in [-0.2, 0) is 9.59 Å². The molecule has 19 heavy (non-hydrogen) atoms. The quantitative estimate of drug-likeness (QED) is 0.619. The van der Waals surface area contributed by atoms with Crippen LogP contribution >= 0.6 is 23.5 Å². The molecule has 0 aliphatic heterocycles. The van der Waals surface area contributed by atoms with Gasteiger partial charge in [-0.15, -0.1) is 23.5 Å². The molecule has 1 rings (SSSR count). The molecule has 0 fully saturated rings. The molecule has 0 spiro atoms. The number of Topliss-reactive ketones (excluding diaryl/α,β-unsaturated/α-hetero) is 1. The highest BCUT2D eigenvalue weighted by molar-refractivity contribution is 8.20. The van der Waals surface area contributed by atoms with Gasteiger partial charge in [0, 0.05) is 5.69 Å². The van der Waals surface area contributed by atoms with E-state index in [-0.39, 0.29) is 11.7 Å². The van der Waals surface area contributed by atoms with Crippen LogP contribution in [0.2, 0.25) is 0 Å². The van der Waals surface area contributed by atoms with Gasteiger partial charge in [-0.1, -0.05) is 32.0 Å². The van der Waals surface area contributed by atoms with Crippen molar-refractivity contribution in [3.05, 3.63) is 30.3 Å². The van der Waals surface area contributed by atoms with Crippen LogP contribution in [0, 0.1) is 0 Å². The first kappa shape index (κ1) is 16.1. The van der Waals surface area contributed by atoms with Gasteiger partial charge in [0.15, 0.2) is 9.86 Å². The summed E-state index contributed by atoms with van der Waals surface area (Å²) in [7, 11) is 0. The summed E-state index contributed by atoms with van der Waals surface area (Å²) in [5.74, 6) is 1.08. The minimum Gasteiger partial charge on any atom is -0.324 e. The van der Waals surface area contributed by atoms with Gasteiger partial charge < -0.3 is 5.32 Å². The third-order valence-electron chi connectivity index (χ3n) is 2.49. The number of para-hydroxylation sites is 1. The fourth-order valence-corrected chi connectivity index (χ4v) is 4.30. The van der Waals surface area contributed by atoms with Gasteiger partial charge in [0.25, 0.3) is 5.91 Å². The highest BCUT2D eigenvalue weighted by Crippen LogP contribution is 2.39. The van der Waals surface area contributed by atoms with Crippen molar-refractivity contribution in [2.24, 2.45) is 0 Å². The number of hydrogen-bond donors (Lipinski definition) is 1. The number of benzene rings is 1. The third kappa shape index (κ3) is 4.01. The van der Waals surface area contributed by atoms with Crippen molar-refractivity contribution in [2.45, 2.75) is 24.9 Å². The maximum absolute atomic E-state index is 12.5. The van der Waals surface area contributed by atoms with E-state index < -0.39 is 4.08 Å². The number of thioether (sulfide) groups is 2. The molecule has 1 N–H and O–H groups in total. The van der Waals surface area contributed by atoms with Crippen molar-refractivity contribution in [1.82, 2.24) is 0 Å². The topological polar surface area (TPSA) is 46.2 Å². The van der Waals surface area contributed by atoms with E-state index in [9.17, 15) is 9.59 Å². The molecule has 0 aromatic heterocycles. The van der Waals surface area contributed by atoms with Gasteiger partial charge in [-0.05, 0) is 30.6 Å². The molecule has 0 aliphatic carbocycles. The van der Waals surface area contributed by atoms with E-state index >= 15 is 0 Å². The standard InChI is InChI=1S/C14H19NO2S2/c1-4-18-14(11(3)16,19-5-2)13(17)15-12-9-7-6-8-10-12/h6-10H,4-5H2,1-3H3,(H,15,17). The van der Waals surface area contributed by atoms with Crippen LogP contribution in [-0.4, -0.2) is 27.3 Å². The summed E-state index contributed by atoms with van der Waals surface area (Å²) in [6, 6.07) is 9.22. The lowest BCUT2D eigenvalue weighted by Gasteiger charge is -2.28. The Labute approximate surface area is 122 Å². The minimum atomic E-state index is -1.04. The van der Waals surface area contributed by atoms with Gasteiger partial charge in [-0.2, -0.15) is 0 Å². The van der Waals surface area contributed by atoms with Gasteiger partial charge in [0.1, 0.15) is 0 Å². The highest BCUT2D eigenvalue weighted by atomic mass is 32.2. The number of rotatable bonds is 7. The van der Waals surface area contributed by atoms with E-state index in [1.165, 1.54) is 30.4 Å². The van der Waals surface area contributed by atoms with E-state index in [0.29, 0.717) is 5.69 Å². The zero-order chi connectivity index (χ0) is 14.3. The zero-order valence-corrected chi connectivity index (χ0v) is 13.1. The third-order valence-corrected chi connectivity index (χ3v) is 5.53. The van der Waals surface area contributed by atoms with Crippen molar-refractivity contribution < 1.29 is 9.59 Å². The van der Waals surface area contributed by atoms with E-state index in [0.717, 1.165) is 11.5 Å². The molecule has 0 bridgehead atoms. The van der Waals surface area contributed by atoms with Crippen LogP contribution in [0.15, 0.2) is 30.3 Å². The Balaban J connectivity index is 2.96. The van der Waals surface area contributed by atoms with Crippen LogP contribution in [0.5, 0.6) is 0 Å². The second kappa shape index (κ2) is 7.60. The Bertz CT molecular complexity index is 428. The summed E-state index contributed by atoms with van der Waals surface area (Å²) in [5.41, 5.74) is 0.714. The van der Waals surface area contributed by atoms with Gasteiger partial charge in [-0.25, -0.2) is 0 Å². The molecule has 1 amide bonds. The number of carbonyl (C=O) groups is 2.